The minimum atomic E-state index is -0.966. The third-order valence-corrected chi connectivity index (χ3v) is 1.35. The Hall–Kier alpha value is -1.71. The van der Waals surface area contributed by atoms with Crippen LogP contribution >= 0.6 is 0 Å². The summed E-state index contributed by atoms with van der Waals surface area (Å²) in [6.07, 6.45) is 4.09. The third-order valence-electron chi connectivity index (χ3n) is 1.35. The molecule has 1 aromatic heterocycles. The molecule has 1 heterocycles. The lowest BCUT2D eigenvalue weighted by Gasteiger charge is -1.94. The number of rotatable bonds is 2. The number of hydrogen-bond donors (Lipinski definition) is 1. The largest absolute Gasteiger partial charge is 0.478 e. The molecule has 0 aromatic carbocycles. The van der Waals surface area contributed by atoms with E-state index >= 15 is 0 Å². The second-order valence-electron chi connectivity index (χ2n) is 2.24. The molecule has 1 N–H and O–H groups in total. The number of aromatic nitrogens is 2. The van der Waals surface area contributed by atoms with Crippen LogP contribution in [-0.4, -0.2) is 21.3 Å². The summed E-state index contributed by atoms with van der Waals surface area (Å²) in [5.74, 6) is -0.966. The average molecular weight is 164 g/mol. The standard InChI is InChI=1S/C8H8N2O2/c1-6-7(2-3-8(11)12)4-5-9-10-6/h2-5H,1H3,(H,11,12)/b3-2+. The Morgan fingerprint density at radius 3 is 3.00 bits per heavy atom. The number of hydrogen-bond acceptors (Lipinski definition) is 3. The fourth-order valence-corrected chi connectivity index (χ4v) is 0.749. The number of aliphatic carboxylic acids is 1. The van der Waals surface area contributed by atoms with Gasteiger partial charge in [-0.25, -0.2) is 4.79 Å². The summed E-state index contributed by atoms with van der Waals surface area (Å²) in [5.41, 5.74) is 1.49. The molecule has 4 heteroatoms. The summed E-state index contributed by atoms with van der Waals surface area (Å²) in [6, 6.07) is 1.71. The van der Waals surface area contributed by atoms with E-state index < -0.39 is 5.97 Å². The molecule has 0 aliphatic rings. The lowest BCUT2D eigenvalue weighted by atomic mass is 10.2. The summed E-state index contributed by atoms with van der Waals surface area (Å²) in [6.45, 7) is 1.77. The highest BCUT2D eigenvalue weighted by molar-refractivity contribution is 5.85. The van der Waals surface area contributed by atoms with Crippen molar-refractivity contribution < 1.29 is 9.90 Å². The zero-order valence-corrected chi connectivity index (χ0v) is 6.56. The molecule has 0 fully saturated rings. The lowest BCUT2D eigenvalue weighted by Crippen LogP contribution is -1.90. The Labute approximate surface area is 69.6 Å². The maximum absolute atomic E-state index is 10.2. The normalized spacial score (nSPS) is 10.4. The first kappa shape index (κ1) is 8.39. The molecule has 1 rings (SSSR count). The zero-order chi connectivity index (χ0) is 8.97. The number of carboxylic acid groups (broad SMARTS) is 1. The van der Waals surface area contributed by atoms with Crippen molar-refractivity contribution in [1.29, 1.82) is 0 Å². The van der Waals surface area contributed by atoms with Crippen LogP contribution in [0.5, 0.6) is 0 Å². The van der Waals surface area contributed by atoms with Crippen LogP contribution in [0.1, 0.15) is 11.3 Å². The smallest absolute Gasteiger partial charge is 0.328 e. The van der Waals surface area contributed by atoms with Crippen LogP contribution in [0.4, 0.5) is 0 Å². The van der Waals surface area contributed by atoms with E-state index in [9.17, 15) is 4.79 Å². The minimum Gasteiger partial charge on any atom is -0.478 e. The molecule has 0 spiro atoms. The molecule has 0 amide bonds. The van der Waals surface area contributed by atoms with Crippen LogP contribution < -0.4 is 0 Å². The Bertz CT molecular complexity index is 321. The first-order valence-electron chi connectivity index (χ1n) is 3.39. The quantitative estimate of drug-likeness (QED) is 0.659. The van der Waals surface area contributed by atoms with Gasteiger partial charge in [0, 0.05) is 6.08 Å². The summed E-state index contributed by atoms with van der Waals surface area (Å²) in [4.78, 5) is 10.2. The van der Waals surface area contributed by atoms with Gasteiger partial charge in [-0.05, 0) is 24.6 Å². The Balaban J connectivity index is 2.89. The van der Waals surface area contributed by atoms with Crippen LogP contribution in [0.3, 0.4) is 0 Å². The first-order chi connectivity index (χ1) is 5.70. The van der Waals surface area contributed by atoms with Crippen molar-refractivity contribution in [2.45, 2.75) is 6.92 Å². The highest BCUT2D eigenvalue weighted by Gasteiger charge is 1.94. The second-order valence-corrected chi connectivity index (χ2v) is 2.24. The fraction of sp³-hybridized carbons (Fsp3) is 0.125. The molecule has 62 valence electrons. The van der Waals surface area contributed by atoms with Gasteiger partial charge in [-0.2, -0.15) is 10.2 Å². The van der Waals surface area contributed by atoms with E-state index in [2.05, 4.69) is 10.2 Å². The van der Waals surface area contributed by atoms with E-state index in [0.29, 0.717) is 0 Å². The lowest BCUT2D eigenvalue weighted by molar-refractivity contribution is -0.131. The first-order valence-corrected chi connectivity index (χ1v) is 3.39. The number of aryl methyl sites for hydroxylation is 1. The monoisotopic (exact) mass is 164 g/mol. The molecule has 0 saturated carbocycles. The molecule has 0 saturated heterocycles. The molecule has 0 aliphatic heterocycles. The maximum atomic E-state index is 10.2. The maximum Gasteiger partial charge on any atom is 0.328 e. The molecule has 0 radical (unpaired) electrons. The van der Waals surface area contributed by atoms with Gasteiger partial charge in [-0.1, -0.05) is 0 Å². The molecule has 4 nitrogen and oxygen atoms in total. The van der Waals surface area contributed by atoms with Crippen LogP contribution in [0, 0.1) is 6.92 Å². The zero-order valence-electron chi connectivity index (χ0n) is 6.56. The number of nitrogens with zero attached hydrogens (tertiary/aromatic N) is 2. The van der Waals surface area contributed by atoms with Gasteiger partial charge < -0.3 is 5.11 Å². The molecule has 0 unspecified atom stereocenters. The van der Waals surface area contributed by atoms with Crippen LogP contribution in [0.25, 0.3) is 6.08 Å². The van der Waals surface area contributed by atoms with Crippen molar-refractivity contribution in [1.82, 2.24) is 10.2 Å². The summed E-state index contributed by atoms with van der Waals surface area (Å²) in [5, 5.41) is 15.7. The fourth-order valence-electron chi connectivity index (χ4n) is 0.749. The second kappa shape index (κ2) is 3.61. The number of carbonyl (C=O) groups is 1. The van der Waals surface area contributed by atoms with Crippen molar-refractivity contribution in [2.24, 2.45) is 0 Å². The van der Waals surface area contributed by atoms with Crippen LogP contribution in [0.2, 0.25) is 0 Å². The minimum absolute atomic E-state index is 0.718. The van der Waals surface area contributed by atoms with E-state index in [1.165, 1.54) is 12.3 Å². The van der Waals surface area contributed by atoms with Crippen LogP contribution in [0.15, 0.2) is 18.3 Å². The Morgan fingerprint density at radius 2 is 2.42 bits per heavy atom. The van der Waals surface area contributed by atoms with E-state index in [1.54, 1.807) is 13.0 Å². The molecule has 1 aromatic rings. The molecule has 12 heavy (non-hydrogen) atoms. The molecule has 0 atom stereocenters. The Kier molecular flexibility index (Phi) is 2.53. The van der Waals surface area contributed by atoms with Crippen molar-refractivity contribution in [3.63, 3.8) is 0 Å². The predicted molar refractivity (Wildman–Crippen MR) is 43.4 cm³/mol. The molecular weight excluding hydrogens is 156 g/mol. The SMILES string of the molecule is Cc1nnccc1/C=C/C(=O)O. The molecule has 0 bridgehead atoms. The van der Waals surface area contributed by atoms with Crippen molar-refractivity contribution in [3.05, 3.63) is 29.6 Å². The van der Waals surface area contributed by atoms with Gasteiger partial charge in [-0.3, -0.25) is 0 Å². The molecule has 0 aliphatic carbocycles. The average Bonchev–Trinajstić information content (AvgIpc) is 2.03. The van der Waals surface area contributed by atoms with Crippen LogP contribution in [-0.2, 0) is 4.79 Å². The highest BCUT2D eigenvalue weighted by atomic mass is 16.4. The van der Waals surface area contributed by atoms with Gasteiger partial charge in [0.2, 0.25) is 0 Å². The number of carboxylic acids is 1. The predicted octanol–water partition coefficient (Wildman–Crippen LogP) is 0.883. The van der Waals surface area contributed by atoms with E-state index in [1.807, 2.05) is 0 Å². The van der Waals surface area contributed by atoms with E-state index in [-0.39, 0.29) is 0 Å². The highest BCUT2D eigenvalue weighted by Crippen LogP contribution is 2.03. The summed E-state index contributed by atoms with van der Waals surface area (Å²) < 4.78 is 0. The van der Waals surface area contributed by atoms with Gasteiger partial charge in [0.25, 0.3) is 0 Å². The van der Waals surface area contributed by atoms with Gasteiger partial charge in [0.05, 0.1) is 11.9 Å². The van der Waals surface area contributed by atoms with Gasteiger partial charge in [0.15, 0.2) is 0 Å². The topological polar surface area (TPSA) is 63.1 Å². The van der Waals surface area contributed by atoms with E-state index in [0.717, 1.165) is 17.3 Å². The third kappa shape index (κ3) is 2.16. The summed E-state index contributed by atoms with van der Waals surface area (Å²) in [7, 11) is 0. The van der Waals surface area contributed by atoms with Gasteiger partial charge in [-0.15, -0.1) is 0 Å². The Morgan fingerprint density at radius 1 is 1.67 bits per heavy atom. The van der Waals surface area contributed by atoms with Crippen molar-refractivity contribution in [3.8, 4) is 0 Å². The van der Waals surface area contributed by atoms with Gasteiger partial charge in [0.1, 0.15) is 0 Å². The van der Waals surface area contributed by atoms with Crippen molar-refractivity contribution >= 4 is 12.0 Å². The molecular formula is C8H8N2O2. The summed E-state index contributed by atoms with van der Waals surface area (Å²) >= 11 is 0. The van der Waals surface area contributed by atoms with E-state index in [4.69, 9.17) is 5.11 Å². The van der Waals surface area contributed by atoms with Crippen molar-refractivity contribution in [2.75, 3.05) is 0 Å². The van der Waals surface area contributed by atoms with Gasteiger partial charge >= 0.3 is 5.97 Å².